The van der Waals surface area contributed by atoms with E-state index in [1.165, 1.54) is 5.56 Å². The molecule has 0 fully saturated rings. The summed E-state index contributed by atoms with van der Waals surface area (Å²) in [6.45, 7) is 10.6. The summed E-state index contributed by atoms with van der Waals surface area (Å²) in [4.78, 5) is 23.9. The van der Waals surface area contributed by atoms with Gasteiger partial charge in [-0.25, -0.2) is 0 Å². The first-order valence-corrected chi connectivity index (χ1v) is 12.8. The van der Waals surface area contributed by atoms with Crippen LogP contribution in [-0.2, 0) is 11.2 Å². The number of benzene rings is 3. The number of amides is 1. The van der Waals surface area contributed by atoms with E-state index >= 15 is 0 Å². The summed E-state index contributed by atoms with van der Waals surface area (Å²) in [6, 6.07) is 19.3. The Kier molecular flexibility index (Phi) is 9.72. The molecule has 2 N–H and O–H groups in total. The minimum atomic E-state index is -0.864. The van der Waals surface area contributed by atoms with Gasteiger partial charge in [0.2, 0.25) is 0 Å². The number of anilines is 1. The molecule has 0 heterocycles. The Hall–Kier alpha value is -3.80. The SMILES string of the molecule is Cc1c(O[C@@H](C)c2ccc(CC(C)C)cc2)ccc(C(=O)Nc2ccccc2OCCCC(=O)O)c1C. The highest BCUT2D eigenvalue weighted by Gasteiger charge is 2.17. The minimum Gasteiger partial charge on any atom is -0.491 e. The molecule has 196 valence electrons. The summed E-state index contributed by atoms with van der Waals surface area (Å²) in [5, 5.41) is 11.7. The van der Waals surface area contributed by atoms with E-state index in [4.69, 9.17) is 14.6 Å². The molecule has 3 aromatic carbocycles. The Morgan fingerprint density at radius 1 is 0.892 bits per heavy atom. The second-order valence-electron chi connectivity index (χ2n) is 9.76. The molecule has 0 saturated carbocycles. The molecule has 0 bridgehead atoms. The maximum absolute atomic E-state index is 13.1. The Morgan fingerprint density at radius 2 is 1.59 bits per heavy atom. The average molecular weight is 504 g/mol. The highest BCUT2D eigenvalue weighted by molar-refractivity contribution is 6.06. The van der Waals surface area contributed by atoms with Gasteiger partial charge in [-0.05, 0) is 86.1 Å². The van der Waals surface area contributed by atoms with Crippen molar-refractivity contribution in [3.05, 3.63) is 88.5 Å². The number of para-hydroxylation sites is 2. The van der Waals surface area contributed by atoms with Crippen molar-refractivity contribution in [1.82, 2.24) is 0 Å². The maximum Gasteiger partial charge on any atom is 0.303 e. The molecule has 0 aromatic heterocycles. The van der Waals surface area contributed by atoms with Crippen LogP contribution in [0.3, 0.4) is 0 Å². The van der Waals surface area contributed by atoms with E-state index in [0.717, 1.165) is 28.9 Å². The fraction of sp³-hybridized carbons (Fsp3) is 0.355. The topological polar surface area (TPSA) is 84.9 Å². The Bertz CT molecular complexity index is 1220. The summed E-state index contributed by atoms with van der Waals surface area (Å²) in [7, 11) is 0. The molecule has 0 aliphatic heterocycles. The first kappa shape index (κ1) is 27.8. The van der Waals surface area contributed by atoms with Gasteiger partial charge < -0.3 is 19.9 Å². The van der Waals surface area contributed by atoms with Gasteiger partial charge in [0.15, 0.2) is 0 Å². The van der Waals surface area contributed by atoms with Gasteiger partial charge in [-0.2, -0.15) is 0 Å². The Labute approximate surface area is 219 Å². The Morgan fingerprint density at radius 3 is 2.27 bits per heavy atom. The van der Waals surface area contributed by atoms with Crippen LogP contribution < -0.4 is 14.8 Å². The van der Waals surface area contributed by atoms with Gasteiger partial charge >= 0.3 is 5.97 Å². The molecule has 6 heteroatoms. The summed E-state index contributed by atoms with van der Waals surface area (Å²) in [5.41, 5.74) is 5.27. The lowest BCUT2D eigenvalue weighted by Crippen LogP contribution is -2.15. The predicted molar refractivity (Wildman–Crippen MR) is 147 cm³/mol. The van der Waals surface area contributed by atoms with Gasteiger partial charge in [0.05, 0.1) is 12.3 Å². The monoisotopic (exact) mass is 503 g/mol. The van der Waals surface area contributed by atoms with Gasteiger partial charge in [-0.1, -0.05) is 50.2 Å². The second-order valence-corrected chi connectivity index (χ2v) is 9.76. The van der Waals surface area contributed by atoms with Crippen LogP contribution in [0.5, 0.6) is 11.5 Å². The van der Waals surface area contributed by atoms with Crippen LogP contribution in [0.25, 0.3) is 0 Å². The summed E-state index contributed by atoms with van der Waals surface area (Å²) >= 11 is 0. The minimum absolute atomic E-state index is 0.0312. The number of nitrogens with one attached hydrogen (secondary N) is 1. The molecular formula is C31H37NO5. The number of ether oxygens (including phenoxy) is 2. The summed E-state index contributed by atoms with van der Waals surface area (Å²) in [6.07, 6.45) is 1.34. The van der Waals surface area contributed by atoms with Gasteiger partial charge in [-0.3, -0.25) is 9.59 Å². The highest BCUT2D eigenvalue weighted by atomic mass is 16.5. The lowest BCUT2D eigenvalue weighted by atomic mass is 10.00. The van der Waals surface area contributed by atoms with Crippen LogP contribution in [0.2, 0.25) is 0 Å². The van der Waals surface area contributed by atoms with Gasteiger partial charge in [0.1, 0.15) is 17.6 Å². The molecule has 1 atom stereocenters. The van der Waals surface area contributed by atoms with Crippen LogP contribution >= 0.6 is 0 Å². The molecule has 6 nitrogen and oxygen atoms in total. The van der Waals surface area contributed by atoms with Gasteiger partial charge in [-0.15, -0.1) is 0 Å². The molecule has 0 saturated heterocycles. The van der Waals surface area contributed by atoms with Crippen LogP contribution in [0.15, 0.2) is 60.7 Å². The summed E-state index contributed by atoms with van der Waals surface area (Å²) < 4.78 is 12.0. The van der Waals surface area contributed by atoms with Crippen LogP contribution in [0.4, 0.5) is 5.69 Å². The molecule has 37 heavy (non-hydrogen) atoms. The number of hydrogen-bond acceptors (Lipinski definition) is 4. The smallest absolute Gasteiger partial charge is 0.303 e. The predicted octanol–water partition coefficient (Wildman–Crippen LogP) is 7.14. The standard InChI is InChI=1S/C31H37NO5/c1-20(2)19-24-12-14-25(15-13-24)23(5)37-28-17-16-26(21(3)22(28)4)31(35)32-27-9-6-7-10-29(27)36-18-8-11-30(33)34/h6-7,9-10,12-17,20,23H,8,11,18-19H2,1-5H3,(H,32,35)(H,33,34)/t23-/m0/s1. The largest absolute Gasteiger partial charge is 0.491 e. The number of carbonyl (C=O) groups is 2. The van der Waals surface area contributed by atoms with Crippen LogP contribution in [0, 0.1) is 19.8 Å². The van der Waals surface area contributed by atoms with E-state index in [-0.39, 0.29) is 25.0 Å². The van der Waals surface area contributed by atoms with E-state index in [2.05, 4.69) is 43.4 Å². The first-order chi connectivity index (χ1) is 17.7. The van der Waals surface area contributed by atoms with Crippen molar-refractivity contribution in [2.75, 3.05) is 11.9 Å². The third-order valence-corrected chi connectivity index (χ3v) is 6.31. The number of rotatable bonds is 12. The van der Waals surface area contributed by atoms with Crippen molar-refractivity contribution in [1.29, 1.82) is 0 Å². The van der Waals surface area contributed by atoms with E-state index < -0.39 is 5.97 Å². The molecular weight excluding hydrogens is 466 g/mol. The van der Waals surface area contributed by atoms with Gasteiger partial charge in [0, 0.05) is 12.0 Å². The maximum atomic E-state index is 13.1. The zero-order chi connectivity index (χ0) is 26.9. The van der Waals surface area contributed by atoms with Crippen molar-refractivity contribution < 1.29 is 24.2 Å². The third kappa shape index (κ3) is 7.84. The molecule has 0 aliphatic rings. The highest BCUT2D eigenvalue weighted by Crippen LogP contribution is 2.30. The van der Waals surface area contributed by atoms with E-state index in [0.29, 0.717) is 29.3 Å². The quantitative estimate of drug-likeness (QED) is 0.257. The molecule has 0 radical (unpaired) electrons. The number of carbonyl (C=O) groups excluding carboxylic acids is 1. The molecule has 0 aliphatic carbocycles. The molecule has 0 unspecified atom stereocenters. The van der Waals surface area contributed by atoms with Crippen molar-refractivity contribution in [2.24, 2.45) is 5.92 Å². The molecule has 3 aromatic rings. The Balaban J connectivity index is 1.68. The number of hydrogen-bond donors (Lipinski definition) is 2. The van der Waals surface area contributed by atoms with Crippen LogP contribution in [-0.4, -0.2) is 23.6 Å². The number of carboxylic acid groups (broad SMARTS) is 1. The lowest BCUT2D eigenvalue weighted by Gasteiger charge is -2.20. The normalized spacial score (nSPS) is 11.7. The van der Waals surface area contributed by atoms with Crippen molar-refractivity contribution >= 4 is 17.6 Å². The van der Waals surface area contributed by atoms with Crippen molar-refractivity contribution in [2.45, 2.75) is 60.0 Å². The van der Waals surface area contributed by atoms with E-state index in [1.807, 2.05) is 39.0 Å². The van der Waals surface area contributed by atoms with E-state index in [1.54, 1.807) is 18.2 Å². The van der Waals surface area contributed by atoms with Gasteiger partial charge in [0.25, 0.3) is 5.91 Å². The molecule has 0 spiro atoms. The third-order valence-electron chi connectivity index (χ3n) is 6.31. The summed E-state index contributed by atoms with van der Waals surface area (Å²) in [5.74, 6) is 0.754. The molecule has 3 rings (SSSR count). The van der Waals surface area contributed by atoms with Crippen molar-refractivity contribution in [3.63, 3.8) is 0 Å². The second kappa shape index (κ2) is 12.9. The number of aliphatic carboxylic acids is 1. The van der Waals surface area contributed by atoms with Crippen molar-refractivity contribution in [3.8, 4) is 11.5 Å². The average Bonchev–Trinajstić information content (AvgIpc) is 2.85. The lowest BCUT2D eigenvalue weighted by molar-refractivity contribution is -0.137. The fourth-order valence-electron chi connectivity index (χ4n) is 4.12. The number of carboxylic acids is 1. The van der Waals surface area contributed by atoms with Crippen LogP contribution in [0.1, 0.15) is 72.3 Å². The fourth-order valence-corrected chi connectivity index (χ4v) is 4.12. The zero-order valence-corrected chi connectivity index (χ0v) is 22.3. The zero-order valence-electron chi connectivity index (χ0n) is 22.3. The molecule has 1 amide bonds. The van der Waals surface area contributed by atoms with E-state index in [9.17, 15) is 9.59 Å². The first-order valence-electron chi connectivity index (χ1n) is 12.8.